The quantitative estimate of drug-likeness (QED) is 0.570. The van der Waals surface area contributed by atoms with E-state index < -0.39 is 0 Å². The highest BCUT2D eigenvalue weighted by atomic mass is 16.1. The fourth-order valence-corrected chi connectivity index (χ4v) is 0.809. The van der Waals surface area contributed by atoms with Crippen LogP contribution in [0.2, 0.25) is 0 Å². The van der Waals surface area contributed by atoms with E-state index >= 15 is 0 Å². The van der Waals surface area contributed by atoms with Crippen LogP contribution in [0, 0.1) is 0 Å². The molecule has 0 saturated carbocycles. The Morgan fingerprint density at radius 1 is 0.917 bits per heavy atom. The topological polar surface area (TPSA) is 34.1 Å². The van der Waals surface area contributed by atoms with Crippen molar-refractivity contribution in [3.63, 3.8) is 0 Å². The van der Waals surface area contributed by atoms with Crippen LogP contribution in [-0.4, -0.2) is 11.6 Å². The highest BCUT2D eigenvalue weighted by molar-refractivity contribution is 5.76. The maximum atomic E-state index is 10.5. The van der Waals surface area contributed by atoms with E-state index in [2.05, 4.69) is 0 Å². The Labute approximate surface area is 73.7 Å². The number of carbonyl (C=O) groups is 2. The number of ketones is 2. The van der Waals surface area contributed by atoms with Crippen molar-refractivity contribution < 1.29 is 9.59 Å². The molecule has 0 saturated heterocycles. The molecule has 12 heavy (non-hydrogen) atoms. The Hall–Kier alpha value is -0.920. The van der Waals surface area contributed by atoms with Gasteiger partial charge in [-0.25, -0.2) is 0 Å². The first-order chi connectivity index (χ1) is 5.63. The van der Waals surface area contributed by atoms with Crippen molar-refractivity contribution in [1.82, 2.24) is 0 Å². The minimum atomic E-state index is 0.214. The molecule has 2 heteroatoms. The van der Waals surface area contributed by atoms with E-state index in [0.29, 0.717) is 12.8 Å². The van der Waals surface area contributed by atoms with Gasteiger partial charge in [0.2, 0.25) is 0 Å². The number of carbonyl (C=O) groups excluding carboxylic acids is 2. The molecule has 0 heterocycles. The second kappa shape index (κ2) is 6.77. The van der Waals surface area contributed by atoms with Gasteiger partial charge in [0, 0.05) is 12.8 Å². The minimum absolute atomic E-state index is 0.214. The van der Waals surface area contributed by atoms with Crippen LogP contribution >= 0.6 is 0 Å². The summed E-state index contributed by atoms with van der Waals surface area (Å²) in [4.78, 5) is 21.0. The van der Waals surface area contributed by atoms with Crippen LogP contribution in [0.1, 0.15) is 39.5 Å². The molecule has 0 atom stereocenters. The van der Waals surface area contributed by atoms with E-state index in [1.807, 2.05) is 12.2 Å². The van der Waals surface area contributed by atoms with Crippen LogP contribution in [0.5, 0.6) is 0 Å². The molecule has 0 rings (SSSR count). The summed E-state index contributed by atoms with van der Waals surface area (Å²) in [5.41, 5.74) is 0. The molecule has 68 valence electrons. The molecule has 0 aliphatic carbocycles. The normalized spacial score (nSPS) is 10.5. The third kappa shape index (κ3) is 9.08. The number of hydrogen-bond donors (Lipinski definition) is 0. The van der Waals surface area contributed by atoms with E-state index in [-0.39, 0.29) is 11.6 Å². The van der Waals surface area contributed by atoms with Gasteiger partial charge in [-0.15, -0.1) is 0 Å². The number of Topliss-reactive ketones (excluding diaryl/α,β-unsaturated/α-hetero) is 2. The lowest BCUT2D eigenvalue weighted by Gasteiger charge is -1.89. The zero-order valence-corrected chi connectivity index (χ0v) is 7.80. The lowest BCUT2D eigenvalue weighted by atomic mass is 10.2. The molecule has 0 fully saturated rings. The van der Waals surface area contributed by atoms with Gasteiger partial charge in [-0.3, -0.25) is 0 Å². The molecule has 0 N–H and O–H groups in total. The van der Waals surface area contributed by atoms with Crippen LogP contribution < -0.4 is 0 Å². The largest absolute Gasteiger partial charge is 0.300 e. The Bertz CT molecular complexity index is 160. The summed E-state index contributed by atoms with van der Waals surface area (Å²) >= 11 is 0. The van der Waals surface area contributed by atoms with Gasteiger partial charge in [-0.05, 0) is 26.7 Å². The third-order valence-electron chi connectivity index (χ3n) is 1.49. The Morgan fingerprint density at radius 3 is 1.50 bits per heavy atom. The molecule has 0 radical (unpaired) electrons. The first kappa shape index (κ1) is 11.1. The van der Waals surface area contributed by atoms with E-state index in [1.165, 1.54) is 0 Å². The third-order valence-corrected chi connectivity index (χ3v) is 1.49. The molecular weight excluding hydrogens is 152 g/mol. The summed E-state index contributed by atoms with van der Waals surface area (Å²) in [5.74, 6) is 0.428. The summed E-state index contributed by atoms with van der Waals surface area (Å²) in [6.45, 7) is 3.17. The molecular formula is C10H16O2. The first-order valence-corrected chi connectivity index (χ1v) is 4.27. The van der Waals surface area contributed by atoms with Gasteiger partial charge in [0.15, 0.2) is 0 Å². The van der Waals surface area contributed by atoms with Crippen LogP contribution in [-0.2, 0) is 9.59 Å². The monoisotopic (exact) mass is 168 g/mol. The van der Waals surface area contributed by atoms with Gasteiger partial charge in [0.25, 0.3) is 0 Å². The predicted octanol–water partition coefficient (Wildman–Crippen LogP) is 2.28. The first-order valence-electron chi connectivity index (χ1n) is 4.27. The average Bonchev–Trinajstić information content (AvgIpc) is 1.95. The molecule has 0 aliphatic heterocycles. The van der Waals surface area contributed by atoms with E-state index in [9.17, 15) is 9.59 Å². The van der Waals surface area contributed by atoms with Crippen molar-refractivity contribution in [2.45, 2.75) is 39.5 Å². The number of rotatable bonds is 6. The van der Waals surface area contributed by atoms with E-state index in [4.69, 9.17) is 0 Å². The van der Waals surface area contributed by atoms with Crippen molar-refractivity contribution in [3.8, 4) is 0 Å². The molecule has 2 nitrogen and oxygen atoms in total. The average molecular weight is 168 g/mol. The second-order valence-electron chi connectivity index (χ2n) is 2.95. The summed E-state index contributed by atoms with van der Waals surface area (Å²) < 4.78 is 0. The van der Waals surface area contributed by atoms with E-state index in [1.54, 1.807) is 13.8 Å². The fraction of sp³-hybridized carbons (Fsp3) is 0.600. The van der Waals surface area contributed by atoms with Gasteiger partial charge in [-0.1, -0.05) is 12.2 Å². The summed E-state index contributed by atoms with van der Waals surface area (Å²) in [6, 6.07) is 0. The zero-order chi connectivity index (χ0) is 9.40. The van der Waals surface area contributed by atoms with Crippen LogP contribution in [0.3, 0.4) is 0 Å². The summed E-state index contributed by atoms with van der Waals surface area (Å²) in [5, 5.41) is 0. The SMILES string of the molecule is CC(=O)CC/C=C\CCC(C)=O. The van der Waals surface area contributed by atoms with Crippen molar-refractivity contribution in [3.05, 3.63) is 12.2 Å². The molecule has 0 amide bonds. The van der Waals surface area contributed by atoms with Gasteiger partial charge in [0.05, 0.1) is 0 Å². The molecule has 0 aliphatic rings. The highest BCUT2D eigenvalue weighted by Gasteiger charge is 1.90. The number of allylic oxidation sites excluding steroid dienone is 2. The van der Waals surface area contributed by atoms with Gasteiger partial charge in [0.1, 0.15) is 11.6 Å². The highest BCUT2D eigenvalue weighted by Crippen LogP contribution is 1.96. The molecule has 0 aromatic rings. The molecule has 0 spiro atoms. The lowest BCUT2D eigenvalue weighted by Crippen LogP contribution is -1.88. The second-order valence-corrected chi connectivity index (χ2v) is 2.95. The molecule has 0 aromatic carbocycles. The van der Waals surface area contributed by atoms with Crippen LogP contribution in [0.15, 0.2) is 12.2 Å². The zero-order valence-electron chi connectivity index (χ0n) is 7.80. The maximum Gasteiger partial charge on any atom is 0.130 e. The standard InChI is InChI=1S/C10H16O2/c1-9(11)7-5-3-4-6-8-10(2)12/h3-4H,5-8H2,1-2H3/b4-3-. The van der Waals surface area contributed by atoms with E-state index in [0.717, 1.165) is 12.8 Å². The Balaban J connectivity index is 3.26. The predicted molar refractivity (Wildman–Crippen MR) is 49.0 cm³/mol. The molecule has 0 aromatic heterocycles. The minimum Gasteiger partial charge on any atom is -0.300 e. The Kier molecular flexibility index (Phi) is 6.25. The number of hydrogen-bond acceptors (Lipinski definition) is 2. The van der Waals surface area contributed by atoms with Crippen molar-refractivity contribution in [2.75, 3.05) is 0 Å². The lowest BCUT2D eigenvalue weighted by molar-refractivity contribution is -0.117. The molecule has 0 bridgehead atoms. The molecule has 0 unspecified atom stereocenters. The fourth-order valence-electron chi connectivity index (χ4n) is 0.809. The maximum absolute atomic E-state index is 10.5. The van der Waals surface area contributed by atoms with Gasteiger partial charge < -0.3 is 9.59 Å². The summed E-state index contributed by atoms with van der Waals surface area (Å²) in [7, 11) is 0. The van der Waals surface area contributed by atoms with Crippen molar-refractivity contribution in [1.29, 1.82) is 0 Å². The van der Waals surface area contributed by atoms with Crippen LogP contribution in [0.4, 0.5) is 0 Å². The van der Waals surface area contributed by atoms with Crippen molar-refractivity contribution in [2.24, 2.45) is 0 Å². The van der Waals surface area contributed by atoms with Crippen LogP contribution in [0.25, 0.3) is 0 Å². The van der Waals surface area contributed by atoms with Gasteiger partial charge >= 0.3 is 0 Å². The van der Waals surface area contributed by atoms with Crippen molar-refractivity contribution >= 4 is 11.6 Å². The Morgan fingerprint density at radius 2 is 1.25 bits per heavy atom. The summed E-state index contributed by atoms with van der Waals surface area (Å²) in [6.07, 6.45) is 6.74. The smallest absolute Gasteiger partial charge is 0.130 e. The van der Waals surface area contributed by atoms with Gasteiger partial charge in [-0.2, -0.15) is 0 Å².